The molecule has 0 amide bonds. The second-order valence-electron chi connectivity index (χ2n) is 22.0. The summed E-state index contributed by atoms with van der Waals surface area (Å²) in [6, 6.07) is 0. The molecule has 0 aromatic heterocycles. The van der Waals surface area contributed by atoms with Gasteiger partial charge in [0.1, 0.15) is 13.2 Å². The molecule has 0 aliphatic carbocycles. The number of unbranched alkanes of at least 4 members (excludes halogenated alkanes) is 39. The molecule has 0 N–H and O–H groups in total. The lowest BCUT2D eigenvalue weighted by Gasteiger charge is -2.18. The Hall–Kier alpha value is -2.89. The minimum atomic E-state index is -0.770. The van der Waals surface area contributed by atoms with Crippen molar-refractivity contribution in [2.75, 3.05) is 13.2 Å². The third-order valence-electron chi connectivity index (χ3n) is 14.5. The van der Waals surface area contributed by atoms with Gasteiger partial charge >= 0.3 is 17.9 Å². The molecule has 0 heterocycles. The van der Waals surface area contributed by atoms with Crippen LogP contribution in [0.15, 0.2) is 60.8 Å². The molecule has 75 heavy (non-hydrogen) atoms. The zero-order valence-corrected chi connectivity index (χ0v) is 50.1. The summed E-state index contributed by atoms with van der Waals surface area (Å²) in [6.07, 6.45) is 81.2. The van der Waals surface area contributed by atoms with E-state index in [2.05, 4.69) is 81.5 Å². The first-order valence-electron chi connectivity index (χ1n) is 32.8. The summed E-state index contributed by atoms with van der Waals surface area (Å²) in [5.74, 6) is -0.861. The van der Waals surface area contributed by atoms with Gasteiger partial charge in [-0.3, -0.25) is 14.4 Å². The Morgan fingerprint density at radius 3 is 0.813 bits per heavy atom. The third kappa shape index (κ3) is 61.8. The predicted molar refractivity (Wildman–Crippen MR) is 325 cm³/mol. The van der Waals surface area contributed by atoms with Crippen LogP contribution in [0.2, 0.25) is 0 Å². The van der Waals surface area contributed by atoms with Crippen molar-refractivity contribution < 1.29 is 28.6 Å². The summed E-state index contributed by atoms with van der Waals surface area (Å²) in [7, 11) is 0. The zero-order chi connectivity index (χ0) is 54.3. The molecule has 0 bridgehead atoms. The molecule has 1 atom stereocenters. The maximum absolute atomic E-state index is 12.9. The van der Waals surface area contributed by atoms with E-state index in [0.717, 1.165) is 89.9 Å². The van der Waals surface area contributed by atoms with Crippen LogP contribution < -0.4 is 0 Å². The molecule has 0 aliphatic rings. The van der Waals surface area contributed by atoms with Crippen molar-refractivity contribution in [3.05, 3.63) is 60.8 Å². The molecule has 0 radical (unpaired) electrons. The van der Waals surface area contributed by atoms with Gasteiger partial charge in [0.25, 0.3) is 0 Å². The van der Waals surface area contributed by atoms with Gasteiger partial charge in [-0.15, -0.1) is 0 Å². The van der Waals surface area contributed by atoms with Crippen LogP contribution in [0.3, 0.4) is 0 Å². The fourth-order valence-electron chi connectivity index (χ4n) is 9.65. The van der Waals surface area contributed by atoms with Gasteiger partial charge in [-0.1, -0.05) is 319 Å². The molecule has 1 unspecified atom stereocenters. The molecule has 436 valence electrons. The summed E-state index contributed by atoms with van der Waals surface area (Å²) >= 11 is 0. The highest BCUT2D eigenvalue weighted by Gasteiger charge is 2.19. The summed E-state index contributed by atoms with van der Waals surface area (Å²) < 4.78 is 16.9. The van der Waals surface area contributed by atoms with Crippen molar-refractivity contribution in [3.63, 3.8) is 0 Å². The first-order chi connectivity index (χ1) is 37.0. The first kappa shape index (κ1) is 72.1. The fraction of sp³-hybridized carbons (Fsp3) is 0.812. The molecule has 0 aromatic carbocycles. The van der Waals surface area contributed by atoms with Crippen molar-refractivity contribution in [2.45, 2.75) is 348 Å². The number of rotatable bonds is 60. The molecule has 0 rings (SSSR count). The number of ether oxygens (including phenoxy) is 3. The molecule has 0 aliphatic heterocycles. The topological polar surface area (TPSA) is 78.9 Å². The maximum atomic E-state index is 12.9. The van der Waals surface area contributed by atoms with Crippen molar-refractivity contribution in [1.82, 2.24) is 0 Å². The van der Waals surface area contributed by atoms with E-state index in [4.69, 9.17) is 14.2 Å². The number of carbonyl (C=O) groups excluding carboxylic acids is 3. The highest BCUT2D eigenvalue weighted by Crippen LogP contribution is 2.18. The minimum Gasteiger partial charge on any atom is -0.462 e. The molecule has 0 aromatic rings. The standard InChI is InChI=1S/C69H124O6/c1-4-7-10-13-16-18-20-22-24-26-28-30-32-33-34-35-37-38-40-42-44-46-48-50-53-56-59-62-68(71)74-65-66(64-73-67(70)61-58-55-52-15-12-9-6-3)75-69(72)63-60-57-54-51-49-47-45-43-41-39-36-31-29-27-25-23-21-19-17-14-11-8-5-2/h7,10,16,18,22,24,28,30,33-34,66H,4-6,8-9,11-15,17,19-21,23,25-27,29,31-32,35-65H2,1-3H3/b10-7-,18-16-,24-22-,30-28-,34-33-. The Kier molecular flexibility index (Phi) is 61.2. The van der Waals surface area contributed by atoms with Crippen LogP contribution >= 0.6 is 0 Å². The molecular formula is C69H124O6. The van der Waals surface area contributed by atoms with E-state index < -0.39 is 6.10 Å². The number of hydrogen-bond acceptors (Lipinski definition) is 6. The van der Waals surface area contributed by atoms with Crippen LogP contribution in [-0.2, 0) is 28.6 Å². The van der Waals surface area contributed by atoms with Crippen molar-refractivity contribution in [1.29, 1.82) is 0 Å². The van der Waals surface area contributed by atoms with Gasteiger partial charge in [-0.05, 0) is 64.2 Å². The van der Waals surface area contributed by atoms with Gasteiger partial charge < -0.3 is 14.2 Å². The second kappa shape index (κ2) is 63.6. The van der Waals surface area contributed by atoms with E-state index in [1.54, 1.807) is 0 Å². The van der Waals surface area contributed by atoms with E-state index in [1.165, 1.54) is 212 Å². The fourth-order valence-corrected chi connectivity index (χ4v) is 9.65. The Balaban J connectivity index is 4.09. The first-order valence-corrected chi connectivity index (χ1v) is 32.8. The third-order valence-corrected chi connectivity index (χ3v) is 14.5. The van der Waals surface area contributed by atoms with Crippen molar-refractivity contribution in [3.8, 4) is 0 Å². The van der Waals surface area contributed by atoms with E-state index in [1.807, 2.05) is 0 Å². The maximum Gasteiger partial charge on any atom is 0.306 e. The molecule has 6 heteroatoms. The predicted octanol–water partition coefficient (Wildman–Crippen LogP) is 22.3. The number of allylic oxidation sites excluding steroid dienone is 10. The van der Waals surface area contributed by atoms with E-state index >= 15 is 0 Å². The van der Waals surface area contributed by atoms with Gasteiger partial charge in [0.2, 0.25) is 0 Å². The summed E-state index contributed by atoms with van der Waals surface area (Å²) in [5, 5.41) is 0. The Labute approximate surface area is 466 Å². The average molecular weight is 1050 g/mol. The summed E-state index contributed by atoms with van der Waals surface area (Å²) in [5.41, 5.74) is 0. The molecule has 6 nitrogen and oxygen atoms in total. The monoisotopic (exact) mass is 1050 g/mol. The quantitative estimate of drug-likeness (QED) is 0.0261. The minimum absolute atomic E-state index is 0.0706. The zero-order valence-electron chi connectivity index (χ0n) is 50.1. The Morgan fingerprint density at radius 1 is 0.280 bits per heavy atom. The van der Waals surface area contributed by atoms with E-state index in [0.29, 0.717) is 19.3 Å². The molecule has 0 saturated carbocycles. The lowest BCUT2D eigenvalue weighted by Crippen LogP contribution is -2.30. The summed E-state index contributed by atoms with van der Waals surface area (Å²) in [4.78, 5) is 38.1. The lowest BCUT2D eigenvalue weighted by atomic mass is 10.0. The number of hydrogen-bond donors (Lipinski definition) is 0. The normalized spacial score (nSPS) is 12.4. The smallest absolute Gasteiger partial charge is 0.306 e. The van der Waals surface area contributed by atoms with Gasteiger partial charge in [-0.2, -0.15) is 0 Å². The molecular weight excluding hydrogens is 925 g/mol. The van der Waals surface area contributed by atoms with Gasteiger partial charge in [-0.25, -0.2) is 0 Å². The van der Waals surface area contributed by atoms with Crippen LogP contribution in [-0.4, -0.2) is 37.2 Å². The van der Waals surface area contributed by atoms with Gasteiger partial charge in [0.05, 0.1) is 0 Å². The van der Waals surface area contributed by atoms with Gasteiger partial charge in [0, 0.05) is 19.3 Å². The van der Waals surface area contributed by atoms with E-state index in [9.17, 15) is 14.4 Å². The number of carbonyl (C=O) groups is 3. The van der Waals surface area contributed by atoms with Crippen molar-refractivity contribution >= 4 is 17.9 Å². The highest BCUT2D eigenvalue weighted by molar-refractivity contribution is 5.71. The van der Waals surface area contributed by atoms with Gasteiger partial charge in [0.15, 0.2) is 6.10 Å². The largest absolute Gasteiger partial charge is 0.462 e. The van der Waals surface area contributed by atoms with Crippen LogP contribution in [0, 0.1) is 0 Å². The highest BCUT2D eigenvalue weighted by atomic mass is 16.6. The average Bonchev–Trinajstić information content (AvgIpc) is 3.41. The lowest BCUT2D eigenvalue weighted by molar-refractivity contribution is -0.167. The number of esters is 3. The summed E-state index contributed by atoms with van der Waals surface area (Å²) in [6.45, 7) is 6.53. The van der Waals surface area contributed by atoms with E-state index in [-0.39, 0.29) is 31.1 Å². The van der Waals surface area contributed by atoms with Crippen molar-refractivity contribution in [2.24, 2.45) is 0 Å². The SMILES string of the molecule is CC/C=C\C/C=C\C/C=C\C/C=C\C/C=C\CCCCCCCCCCCCCC(=O)OCC(COC(=O)CCCCCCCCC)OC(=O)CCCCCCCCCCCCCCCCCCCCCCCCC. The molecule has 0 saturated heterocycles. The molecule has 0 spiro atoms. The van der Waals surface area contributed by atoms with Crippen LogP contribution in [0.5, 0.6) is 0 Å². The Morgan fingerprint density at radius 2 is 0.520 bits per heavy atom. The second-order valence-corrected chi connectivity index (χ2v) is 22.0. The van der Waals surface area contributed by atoms with Crippen LogP contribution in [0.1, 0.15) is 342 Å². The van der Waals surface area contributed by atoms with Crippen LogP contribution in [0.4, 0.5) is 0 Å². The Bertz CT molecular complexity index is 1340. The molecule has 0 fully saturated rings. The van der Waals surface area contributed by atoms with Crippen LogP contribution in [0.25, 0.3) is 0 Å².